The van der Waals surface area contributed by atoms with Gasteiger partial charge in [-0.1, -0.05) is 13.8 Å². The summed E-state index contributed by atoms with van der Waals surface area (Å²) in [5.74, 6) is 0.249. The van der Waals surface area contributed by atoms with E-state index in [9.17, 15) is 4.79 Å². The number of hydrogen-bond donors (Lipinski definition) is 0. The molecule has 0 N–H and O–H groups in total. The minimum atomic E-state index is -1.52. The highest BCUT2D eigenvalue weighted by molar-refractivity contribution is 6.69. The number of aldehydes is 1. The summed E-state index contributed by atoms with van der Waals surface area (Å²) in [4.78, 5) is 10.5. The smallest absolute Gasteiger partial charge is 0.241 e. The van der Waals surface area contributed by atoms with Crippen LogP contribution in [0.3, 0.4) is 0 Å². The maximum Gasteiger partial charge on any atom is 0.241 e. The lowest BCUT2D eigenvalue weighted by atomic mass is 10.1. The zero-order valence-corrected chi connectivity index (χ0v) is 9.55. The van der Waals surface area contributed by atoms with Gasteiger partial charge in [0.1, 0.15) is 6.29 Å². The summed E-state index contributed by atoms with van der Waals surface area (Å²) in [6.45, 7) is 10.2. The molecule has 0 aliphatic heterocycles. The Kier molecular flexibility index (Phi) is 4.24. The molecule has 0 saturated carbocycles. The number of carbonyl (C=O) groups excluding carboxylic acids is 1. The van der Waals surface area contributed by atoms with Gasteiger partial charge in [-0.05, 0) is 25.6 Å². The van der Waals surface area contributed by atoms with Crippen LogP contribution in [0.25, 0.3) is 0 Å². The second-order valence-corrected chi connectivity index (χ2v) is 8.58. The standard InChI is InChI=1S/C9H18O2Si/c1-8(2)9(6-10)7-11-12(3,4)5/h6-8H,1-5H3/b9-7-. The predicted octanol–water partition coefficient (Wildman–Crippen LogP) is 2.58. The van der Waals surface area contributed by atoms with Gasteiger partial charge < -0.3 is 4.43 Å². The number of rotatable bonds is 4. The van der Waals surface area contributed by atoms with Crippen molar-refractivity contribution in [1.82, 2.24) is 0 Å². The quantitative estimate of drug-likeness (QED) is 0.292. The molecule has 0 aromatic carbocycles. The molecule has 70 valence electrons. The van der Waals surface area contributed by atoms with Crippen molar-refractivity contribution in [3.8, 4) is 0 Å². The topological polar surface area (TPSA) is 26.3 Å². The molecular weight excluding hydrogens is 168 g/mol. The Morgan fingerprint density at radius 2 is 1.83 bits per heavy atom. The van der Waals surface area contributed by atoms with Crippen molar-refractivity contribution in [3.63, 3.8) is 0 Å². The van der Waals surface area contributed by atoms with Gasteiger partial charge >= 0.3 is 0 Å². The monoisotopic (exact) mass is 186 g/mol. The normalized spacial score (nSPS) is 13.3. The third-order valence-corrected chi connectivity index (χ3v) is 2.18. The molecule has 2 nitrogen and oxygen atoms in total. The van der Waals surface area contributed by atoms with Gasteiger partial charge in [0.25, 0.3) is 0 Å². The molecule has 0 aliphatic rings. The first-order chi connectivity index (χ1) is 5.37. The molecule has 0 aromatic heterocycles. The number of allylic oxidation sites excluding steroid dienone is 1. The molecule has 0 bridgehead atoms. The summed E-state index contributed by atoms with van der Waals surface area (Å²) >= 11 is 0. The van der Waals surface area contributed by atoms with Crippen molar-refractivity contribution in [3.05, 3.63) is 11.8 Å². The molecule has 3 heteroatoms. The Morgan fingerprint density at radius 1 is 1.33 bits per heavy atom. The molecule has 0 radical (unpaired) electrons. The first-order valence-electron chi connectivity index (χ1n) is 4.20. The summed E-state index contributed by atoms with van der Waals surface area (Å²) in [5, 5.41) is 0. The van der Waals surface area contributed by atoms with Crippen LogP contribution in [0.15, 0.2) is 11.8 Å². The van der Waals surface area contributed by atoms with Gasteiger partial charge in [0.15, 0.2) is 0 Å². The molecule has 0 amide bonds. The fourth-order valence-corrected chi connectivity index (χ4v) is 1.03. The van der Waals surface area contributed by atoms with E-state index < -0.39 is 8.32 Å². The van der Waals surface area contributed by atoms with E-state index in [0.717, 1.165) is 11.9 Å². The maximum atomic E-state index is 10.5. The molecule has 12 heavy (non-hydrogen) atoms. The van der Waals surface area contributed by atoms with E-state index in [1.54, 1.807) is 6.26 Å². The summed E-state index contributed by atoms with van der Waals surface area (Å²) in [6, 6.07) is 0. The number of carbonyl (C=O) groups is 1. The second-order valence-electron chi connectivity index (χ2n) is 4.12. The highest BCUT2D eigenvalue weighted by Gasteiger charge is 2.14. The third-order valence-electron chi connectivity index (χ3n) is 1.35. The number of hydrogen-bond acceptors (Lipinski definition) is 2. The summed E-state index contributed by atoms with van der Waals surface area (Å²) < 4.78 is 5.49. The highest BCUT2D eigenvalue weighted by Crippen LogP contribution is 2.10. The summed E-state index contributed by atoms with van der Waals surface area (Å²) in [6.07, 6.45) is 2.48. The first-order valence-corrected chi connectivity index (χ1v) is 7.60. The summed E-state index contributed by atoms with van der Waals surface area (Å²) in [5.41, 5.74) is 0.734. The zero-order valence-electron chi connectivity index (χ0n) is 8.55. The minimum Gasteiger partial charge on any atom is -0.549 e. The van der Waals surface area contributed by atoms with Crippen LogP contribution in [0, 0.1) is 5.92 Å². The van der Waals surface area contributed by atoms with Crippen LogP contribution >= 0.6 is 0 Å². The minimum absolute atomic E-state index is 0.249. The second kappa shape index (κ2) is 4.45. The van der Waals surface area contributed by atoms with Crippen molar-refractivity contribution < 1.29 is 9.22 Å². The van der Waals surface area contributed by atoms with Gasteiger partial charge in [0.2, 0.25) is 8.32 Å². The fourth-order valence-electron chi connectivity index (χ4n) is 0.545. The predicted molar refractivity (Wildman–Crippen MR) is 53.4 cm³/mol. The molecule has 0 spiro atoms. The Morgan fingerprint density at radius 3 is 2.08 bits per heavy atom. The van der Waals surface area contributed by atoms with Crippen LogP contribution in [0.2, 0.25) is 19.6 Å². The molecule has 0 atom stereocenters. The van der Waals surface area contributed by atoms with Crippen LogP contribution < -0.4 is 0 Å². The average Bonchev–Trinajstić information content (AvgIpc) is 1.85. The maximum absolute atomic E-state index is 10.5. The SMILES string of the molecule is CC(C)/C(C=O)=C\O[Si](C)(C)C. The highest BCUT2D eigenvalue weighted by atomic mass is 28.4. The molecule has 0 rings (SSSR count). The van der Waals surface area contributed by atoms with Crippen molar-refractivity contribution in [2.75, 3.05) is 0 Å². The van der Waals surface area contributed by atoms with E-state index >= 15 is 0 Å². The molecule has 0 heterocycles. The van der Waals surface area contributed by atoms with E-state index in [-0.39, 0.29) is 5.92 Å². The van der Waals surface area contributed by atoms with E-state index in [0.29, 0.717) is 0 Å². The Hall–Kier alpha value is -0.573. The Labute approximate surface area is 75.7 Å². The molecule has 0 unspecified atom stereocenters. The van der Waals surface area contributed by atoms with Crippen molar-refractivity contribution in [1.29, 1.82) is 0 Å². The Bertz CT molecular complexity index is 177. The van der Waals surface area contributed by atoms with Gasteiger partial charge in [-0.25, -0.2) is 0 Å². The van der Waals surface area contributed by atoms with Gasteiger partial charge in [0, 0.05) is 5.57 Å². The van der Waals surface area contributed by atoms with Gasteiger partial charge in [0.05, 0.1) is 6.26 Å². The molecule has 0 fully saturated rings. The van der Waals surface area contributed by atoms with Crippen LogP contribution in [0.4, 0.5) is 0 Å². The zero-order chi connectivity index (χ0) is 9.78. The summed E-state index contributed by atoms with van der Waals surface area (Å²) in [7, 11) is -1.52. The van der Waals surface area contributed by atoms with E-state index in [4.69, 9.17) is 4.43 Å². The molecule has 0 aromatic rings. The van der Waals surface area contributed by atoms with Crippen molar-refractivity contribution in [2.24, 2.45) is 5.92 Å². The van der Waals surface area contributed by atoms with Crippen LogP contribution in [-0.4, -0.2) is 14.6 Å². The van der Waals surface area contributed by atoms with Gasteiger partial charge in [-0.15, -0.1) is 0 Å². The fraction of sp³-hybridized carbons (Fsp3) is 0.667. The third kappa shape index (κ3) is 5.13. The molecule has 0 aliphatic carbocycles. The van der Waals surface area contributed by atoms with Crippen molar-refractivity contribution in [2.45, 2.75) is 33.5 Å². The van der Waals surface area contributed by atoms with Crippen LogP contribution in [0.5, 0.6) is 0 Å². The van der Waals surface area contributed by atoms with Crippen molar-refractivity contribution >= 4 is 14.6 Å². The van der Waals surface area contributed by atoms with E-state index in [2.05, 4.69) is 19.6 Å². The Balaban J connectivity index is 4.22. The van der Waals surface area contributed by atoms with Gasteiger partial charge in [-0.2, -0.15) is 0 Å². The van der Waals surface area contributed by atoms with Crippen LogP contribution in [-0.2, 0) is 9.22 Å². The lowest BCUT2D eigenvalue weighted by molar-refractivity contribution is -0.105. The lowest BCUT2D eigenvalue weighted by Crippen LogP contribution is -2.22. The van der Waals surface area contributed by atoms with E-state index in [1.165, 1.54) is 0 Å². The largest absolute Gasteiger partial charge is 0.549 e. The van der Waals surface area contributed by atoms with Crippen LogP contribution in [0.1, 0.15) is 13.8 Å². The first kappa shape index (κ1) is 11.4. The average molecular weight is 186 g/mol. The van der Waals surface area contributed by atoms with Gasteiger partial charge in [-0.3, -0.25) is 4.79 Å². The molecular formula is C9H18O2Si. The van der Waals surface area contributed by atoms with E-state index in [1.807, 2.05) is 13.8 Å². The molecule has 0 saturated heterocycles. The lowest BCUT2D eigenvalue weighted by Gasteiger charge is -2.16.